The fraction of sp³-hybridized carbons (Fsp3) is 0.350. The molecule has 0 radical (unpaired) electrons. The molecule has 26 heavy (non-hydrogen) atoms. The minimum absolute atomic E-state index is 0.252. The lowest BCUT2D eigenvalue weighted by atomic mass is 10.1. The monoisotopic (exact) mass is 392 g/mol. The molecule has 2 aromatic rings. The lowest BCUT2D eigenvalue weighted by Gasteiger charge is -2.26. The highest BCUT2D eigenvalue weighted by atomic mass is 35.5. The van der Waals surface area contributed by atoms with Crippen molar-refractivity contribution in [1.29, 1.82) is 0 Å². The Labute approximate surface area is 164 Å². The molecule has 1 aliphatic rings. The maximum absolute atomic E-state index is 12.6. The average molecular weight is 393 g/mol. The first-order valence-electron chi connectivity index (χ1n) is 8.66. The first-order chi connectivity index (χ1) is 12.3. The molecule has 3 rings (SSSR count). The molecule has 1 aliphatic heterocycles. The number of nitrogens with one attached hydrogen (secondary N) is 1. The van der Waals surface area contributed by atoms with E-state index in [-0.39, 0.29) is 5.91 Å². The molecule has 4 nitrogen and oxygen atoms in total. The van der Waals surface area contributed by atoms with Crippen molar-refractivity contribution < 1.29 is 9.53 Å². The van der Waals surface area contributed by atoms with E-state index in [1.807, 2.05) is 12.1 Å². The highest BCUT2D eigenvalue weighted by molar-refractivity contribution is 6.33. The number of rotatable bonds is 5. The zero-order valence-electron chi connectivity index (χ0n) is 14.9. The molecule has 1 saturated heterocycles. The molecule has 1 fully saturated rings. The molecule has 1 amide bonds. The van der Waals surface area contributed by atoms with Crippen LogP contribution in [0.25, 0.3) is 0 Å². The fourth-order valence-corrected chi connectivity index (χ4v) is 3.35. The minimum atomic E-state index is -1.05. The number of carbonyl (C=O) groups excluding carboxylic acids is 1. The van der Waals surface area contributed by atoms with Gasteiger partial charge in [0, 0.05) is 23.8 Å². The second-order valence-corrected chi connectivity index (χ2v) is 7.72. The Kier molecular flexibility index (Phi) is 5.64. The van der Waals surface area contributed by atoms with Gasteiger partial charge < -0.3 is 15.0 Å². The van der Waals surface area contributed by atoms with E-state index in [0.717, 1.165) is 18.8 Å². The summed E-state index contributed by atoms with van der Waals surface area (Å²) in [5, 5.41) is 4.14. The molecule has 0 bridgehead atoms. The van der Waals surface area contributed by atoms with Crippen LogP contribution < -0.4 is 15.0 Å². The van der Waals surface area contributed by atoms with Gasteiger partial charge in [-0.3, -0.25) is 4.79 Å². The van der Waals surface area contributed by atoms with E-state index in [0.29, 0.717) is 21.5 Å². The lowest BCUT2D eigenvalue weighted by molar-refractivity contribution is -0.128. The number of halogens is 2. The molecule has 0 unspecified atom stereocenters. The van der Waals surface area contributed by atoms with Gasteiger partial charge in [0.2, 0.25) is 0 Å². The number of hydrogen-bond donors (Lipinski definition) is 1. The number of ether oxygens (including phenoxy) is 1. The highest BCUT2D eigenvalue weighted by Gasteiger charge is 2.30. The van der Waals surface area contributed by atoms with Crippen molar-refractivity contribution in [2.45, 2.75) is 32.3 Å². The summed E-state index contributed by atoms with van der Waals surface area (Å²) in [6, 6.07) is 12.5. The van der Waals surface area contributed by atoms with Crippen LogP contribution in [0.1, 0.15) is 26.7 Å². The number of hydrogen-bond acceptors (Lipinski definition) is 3. The predicted octanol–water partition coefficient (Wildman–Crippen LogP) is 5.39. The van der Waals surface area contributed by atoms with Crippen molar-refractivity contribution in [3.05, 3.63) is 52.5 Å². The normalized spacial score (nSPS) is 14.4. The van der Waals surface area contributed by atoms with Gasteiger partial charge in [0.05, 0.1) is 10.7 Å². The van der Waals surface area contributed by atoms with E-state index < -0.39 is 5.60 Å². The quantitative estimate of drug-likeness (QED) is 0.741. The molecule has 1 heterocycles. The summed E-state index contributed by atoms with van der Waals surface area (Å²) in [7, 11) is 0. The van der Waals surface area contributed by atoms with Crippen LogP contribution in [-0.4, -0.2) is 24.6 Å². The summed E-state index contributed by atoms with van der Waals surface area (Å²) in [6.07, 6.45) is 2.37. The van der Waals surface area contributed by atoms with Crippen LogP contribution in [0.15, 0.2) is 42.5 Å². The second-order valence-electron chi connectivity index (χ2n) is 6.88. The Morgan fingerprint density at radius 1 is 1.08 bits per heavy atom. The number of amides is 1. The Hall–Kier alpha value is -1.91. The van der Waals surface area contributed by atoms with Gasteiger partial charge in [0.25, 0.3) is 5.91 Å². The van der Waals surface area contributed by atoms with Crippen molar-refractivity contribution in [2.75, 3.05) is 23.3 Å². The van der Waals surface area contributed by atoms with Gasteiger partial charge in [-0.05, 0) is 69.2 Å². The summed E-state index contributed by atoms with van der Waals surface area (Å²) in [6.45, 7) is 5.48. The first-order valence-corrected chi connectivity index (χ1v) is 9.41. The zero-order chi connectivity index (χ0) is 18.7. The number of anilines is 2. The van der Waals surface area contributed by atoms with Gasteiger partial charge in [-0.2, -0.15) is 0 Å². The van der Waals surface area contributed by atoms with Crippen molar-refractivity contribution >= 4 is 40.5 Å². The van der Waals surface area contributed by atoms with Gasteiger partial charge in [0.1, 0.15) is 5.75 Å². The van der Waals surface area contributed by atoms with E-state index in [2.05, 4.69) is 10.2 Å². The van der Waals surface area contributed by atoms with Crippen molar-refractivity contribution in [2.24, 2.45) is 0 Å². The molecule has 0 atom stereocenters. The maximum atomic E-state index is 12.6. The molecule has 0 aliphatic carbocycles. The Bertz CT molecular complexity index is 785. The van der Waals surface area contributed by atoms with E-state index in [1.54, 1.807) is 44.2 Å². The topological polar surface area (TPSA) is 41.6 Å². The largest absolute Gasteiger partial charge is 0.478 e. The molecular weight excluding hydrogens is 371 g/mol. The molecule has 0 spiro atoms. The Morgan fingerprint density at radius 2 is 1.73 bits per heavy atom. The van der Waals surface area contributed by atoms with Crippen LogP contribution in [0.2, 0.25) is 10.0 Å². The van der Waals surface area contributed by atoms with Crippen LogP contribution in [-0.2, 0) is 4.79 Å². The Morgan fingerprint density at radius 3 is 2.35 bits per heavy atom. The molecule has 1 N–H and O–H groups in total. The van der Waals surface area contributed by atoms with Crippen molar-refractivity contribution in [3.8, 4) is 5.75 Å². The van der Waals surface area contributed by atoms with Crippen LogP contribution in [0.4, 0.5) is 11.4 Å². The molecule has 0 saturated carbocycles. The average Bonchev–Trinajstić information content (AvgIpc) is 3.11. The van der Waals surface area contributed by atoms with Gasteiger partial charge in [-0.1, -0.05) is 23.2 Å². The van der Waals surface area contributed by atoms with Crippen LogP contribution in [0.3, 0.4) is 0 Å². The molecule has 6 heteroatoms. The summed E-state index contributed by atoms with van der Waals surface area (Å²) in [5.74, 6) is 0.328. The second kappa shape index (κ2) is 7.77. The van der Waals surface area contributed by atoms with Crippen molar-refractivity contribution in [3.63, 3.8) is 0 Å². The third kappa shape index (κ3) is 4.43. The zero-order valence-corrected chi connectivity index (χ0v) is 16.4. The first kappa shape index (κ1) is 18.9. The fourth-order valence-electron chi connectivity index (χ4n) is 2.92. The number of carbonyl (C=O) groups is 1. The van der Waals surface area contributed by atoms with Gasteiger partial charge in [-0.25, -0.2) is 0 Å². The van der Waals surface area contributed by atoms with Crippen molar-refractivity contribution in [1.82, 2.24) is 0 Å². The summed E-state index contributed by atoms with van der Waals surface area (Å²) >= 11 is 12.3. The van der Waals surface area contributed by atoms with E-state index in [4.69, 9.17) is 27.9 Å². The highest BCUT2D eigenvalue weighted by Crippen LogP contribution is 2.31. The Balaban J connectivity index is 1.68. The van der Waals surface area contributed by atoms with E-state index in [9.17, 15) is 4.79 Å². The van der Waals surface area contributed by atoms with Crippen LogP contribution in [0.5, 0.6) is 5.75 Å². The van der Waals surface area contributed by atoms with Gasteiger partial charge in [-0.15, -0.1) is 0 Å². The summed E-state index contributed by atoms with van der Waals surface area (Å²) in [4.78, 5) is 14.9. The van der Waals surface area contributed by atoms with E-state index >= 15 is 0 Å². The van der Waals surface area contributed by atoms with Crippen LogP contribution >= 0.6 is 23.2 Å². The third-order valence-electron chi connectivity index (χ3n) is 4.39. The minimum Gasteiger partial charge on any atom is -0.478 e. The molecule has 138 valence electrons. The lowest BCUT2D eigenvalue weighted by Crippen LogP contribution is -2.42. The van der Waals surface area contributed by atoms with Crippen LogP contribution in [0, 0.1) is 0 Å². The summed E-state index contributed by atoms with van der Waals surface area (Å²) in [5.41, 5.74) is 0.614. The third-order valence-corrected chi connectivity index (χ3v) is 4.94. The van der Waals surface area contributed by atoms with Gasteiger partial charge >= 0.3 is 0 Å². The van der Waals surface area contributed by atoms with Gasteiger partial charge in [0.15, 0.2) is 5.60 Å². The van der Waals surface area contributed by atoms with E-state index in [1.165, 1.54) is 12.8 Å². The maximum Gasteiger partial charge on any atom is 0.267 e. The molecule has 0 aromatic heterocycles. The SMILES string of the molecule is CC(C)(Oc1ccc(Cl)cc1)C(=O)Nc1ccc(N2CCCC2)c(Cl)c1. The molecule has 2 aromatic carbocycles. The smallest absolute Gasteiger partial charge is 0.267 e. The number of benzene rings is 2. The summed E-state index contributed by atoms with van der Waals surface area (Å²) < 4.78 is 5.81. The standard InChI is InChI=1S/C20H22Cl2N2O2/c1-20(2,26-16-8-5-14(21)6-9-16)19(25)23-15-7-10-18(17(22)13-15)24-11-3-4-12-24/h5-10,13H,3-4,11-12H2,1-2H3,(H,23,25). The number of nitrogens with zero attached hydrogens (tertiary/aromatic N) is 1. The predicted molar refractivity (Wildman–Crippen MR) is 108 cm³/mol. The molecular formula is C20H22Cl2N2O2.